The first-order valence-electron chi connectivity index (χ1n) is 7.97. The fraction of sp³-hybridized carbons (Fsp3) is 0.556. The lowest BCUT2D eigenvalue weighted by molar-refractivity contribution is 0.0559. The highest BCUT2D eigenvalue weighted by molar-refractivity contribution is 5.34. The first-order valence-corrected chi connectivity index (χ1v) is 7.97. The molecule has 0 radical (unpaired) electrons. The van der Waals surface area contributed by atoms with Crippen LogP contribution >= 0.6 is 0 Å². The summed E-state index contributed by atoms with van der Waals surface area (Å²) >= 11 is 0. The summed E-state index contributed by atoms with van der Waals surface area (Å²) in [7, 11) is 0. The summed E-state index contributed by atoms with van der Waals surface area (Å²) < 4.78 is 6.05. The smallest absolute Gasteiger partial charge is 0.0808 e. The molecule has 2 aliphatic heterocycles. The summed E-state index contributed by atoms with van der Waals surface area (Å²) in [4.78, 5) is 0. The Labute approximate surface area is 122 Å². The van der Waals surface area contributed by atoms with Crippen LogP contribution in [0.4, 0.5) is 0 Å². The van der Waals surface area contributed by atoms with Gasteiger partial charge in [-0.15, -0.1) is 0 Å². The Hall–Kier alpha value is -1.28. The fourth-order valence-electron chi connectivity index (χ4n) is 3.61. The Kier molecular flexibility index (Phi) is 4.11. The Morgan fingerprint density at radius 2 is 2.05 bits per heavy atom. The molecular weight excluding hydrogens is 246 g/mol. The maximum atomic E-state index is 6.05. The van der Waals surface area contributed by atoms with Crippen LogP contribution in [0, 0.1) is 5.92 Å². The van der Waals surface area contributed by atoms with Gasteiger partial charge in [0.05, 0.1) is 18.8 Å². The quantitative estimate of drug-likeness (QED) is 0.886. The van der Waals surface area contributed by atoms with Crippen molar-refractivity contribution in [3.63, 3.8) is 0 Å². The van der Waals surface area contributed by atoms with Gasteiger partial charge in [0.2, 0.25) is 0 Å². The van der Waals surface area contributed by atoms with E-state index in [2.05, 4.69) is 49.5 Å². The average Bonchev–Trinajstić information content (AvgIpc) is 2.84. The van der Waals surface area contributed by atoms with Gasteiger partial charge in [-0.2, -0.15) is 0 Å². The van der Waals surface area contributed by atoms with Crippen LogP contribution in [0.15, 0.2) is 41.6 Å². The molecule has 0 saturated heterocycles. The minimum absolute atomic E-state index is 0.343. The van der Waals surface area contributed by atoms with Crippen molar-refractivity contribution in [1.29, 1.82) is 0 Å². The predicted molar refractivity (Wildman–Crippen MR) is 82.4 cm³/mol. The molecule has 2 nitrogen and oxygen atoms in total. The molecule has 3 rings (SSSR count). The van der Waals surface area contributed by atoms with E-state index in [1.54, 1.807) is 5.57 Å². The van der Waals surface area contributed by atoms with Gasteiger partial charge in [-0.1, -0.05) is 57.0 Å². The van der Waals surface area contributed by atoms with Gasteiger partial charge in [0.15, 0.2) is 0 Å². The summed E-state index contributed by atoms with van der Waals surface area (Å²) in [6.45, 7) is 5.47. The number of rotatable bonds is 4. The van der Waals surface area contributed by atoms with Gasteiger partial charge in [-0.3, -0.25) is 0 Å². The van der Waals surface area contributed by atoms with E-state index in [0.717, 1.165) is 13.0 Å². The van der Waals surface area contributed by atoms with Crippen LogP contribution in [0.5, 0.6) is 0 Å². The molecule has 1 aromatic carbocycles. The third-order valence-corrected chi connectivity index (χ3v) is 4.67. The first kappa shape index (κ1) is 13.7. The Morgan fingerprint density at radius 1 is 1.25 bits per heavy atom. The van der Waals surface area contributed by atoms with Crippen LogP contribution in [0.3, 0.4) is 0 Å². The number of benzene rings is 1. The van der Waals surface area contributed by atoms with Gasteiger partial charge in [0.25, 0.3) is 0 Å². The molecule has 0 saturated carbocycles. The van der Waals surface area contributed by atoms with E-state index in [4.69, 9.17) is 4.74 Å². The zero-order valence-electron chi connectivity index (χ0n) is 12.6. The van der Waals surface area contributed by atoms with E-state index in [-0.39, 0.29) is 0 Å². The third-order valence-electron chi connectivity index (χ3n) is 4.67. The van der Waals surface area contributed by atoms with E-state index in [9.17, 15) is 0 Å². The molecule has 0 unspecified atom stereocenters. The number of unbranched alkanes of at least 4 members (excludes halogenated alkanes) is 1. The molecule has 0 aromatic heterocycles. The number of hydrogen-bond acceptors (Lipinski definition) is 2. The van der Waals surface area contributed by atoms with E-state index in [1.165, 1.54) is 30.5 Å². The SMILES string of the molecule is CCCC[C@H]1OCCC2=C1[C@@H](C)[C@@H](c1ccccc1)N2. The maximum absolute atomic E-state index is 6.05. The van der Waals surface area contributed by atoms with Crippen molar-refractivity contribution in [2.45, 2.75) is 51.7 Å². The second-order valence-electron chi connectivity index (χ2n) is 6.01. The van der Waals surface area contributed by atoms with Gasteiger partial charge < -0.3 is 10.1 Å². The molecule has 2 aliphatic rings. The molecule has 3 atom stereocenters. The minimum Gasteiger partial charge on any atom is -0.381 e. The molecule has 0 aliphatic carbocycles. The topological polar surface area (TPSA) is 21.3 Å². The Balaban J connectivity index is 1.80. The van der Waals surface area contributed by atoms with Crippen LogP contribution in [0.2, 0.25) is 0 Å². The van der Waals surface area contributed by atoms with E-state index < -0.39 is 0 Å². The van der Waals surface area contributed by atoms with Crippen molar-refractivity contribution in [2.24, 2.45) is 5.92 Å². The highest BCUT2D eigenvalue weighted by atomic mass is 16.5. The first-order chi connectivity index (χ1) is 9.81. The van der Waals surface area contributed by atoms with E-state index in [1.807, 2.05) is 0 Å². The van der Waals surface area contributed by atoms with Crippen LogP contribution in [-0.2, 0) is 4.74 Å². The molecule has 0 bridgehead atoms. The van der Waals surface area contributed by atoms with Gasteiger partial charge in [0.1, 0.15) is 0 Å². The van der Waals surface area contributed by atoms with E-state index in [0.29, 0.717) is 18.1 Å². The molecule has 2 heterocycles. The molecule has 2 heteroatoms. The third kappa shape index (κ3) is 2.49. The summed E-state index contributed by atoms with van der Waals surface area (Å²) in [5.74, 6) is 0.537. The standard InChI is InChI=1S/C18H25NO/c1-3-4-10-16-17-13(2)18(14-8-6-5-7-9-14)19-15(17)11-12-20-16/h5-9,13,16,18-19H,3-4,10-12H2,1-2H3/t13-,16-,18+/m1/s1. The lowest BCUT2D eigenvalue weighted by Crippen LogP contribution is -2.25. The summed E-state index contributed by atoms with van der Waals surface area (Å²) in [5.41, 5.74) is 4.39. The molecular formula is C18H25NO. The summed E-state index contributed by atoms with van der Waals surface area (Å²) in [5, 5.41) is 3.76. The van der Waals surface area contributed by atoms with Gasteiger partial charge in [-0.05, 0) is 17.6 Å². The Bertz CT molecular complexity index is 479. The van der Waals surface area contributed by atoms with Gasteiger partial charge in [-0.25, -0.2) is 0 Å². The molecule has 1 aromatic rings. The minimum atomic E-state index is 0.343. The summed E-state index contributed by atoms with van der Waals surface area (Å²) in [6.07, 6.45) is 5.06. The van der Waals surface area contributed by atoms with E-state index >= 15 is 0 Å². The second kappa shape index (κ2) is 6.01. The average molecular weight is 271 g/mol. The van der Waals surface area contributed by atoms with Crippen molar-refractivity contribution < 1.29 is 4.74 Å². The van der Waals surface area contributed by atoms with Crippen molar-refractivity contribution in [3.05, 3.63) is 47.2 Å². The summed E-state index contributed by atoms with van der Waals surface area (Å²) in [6, 6.07) is 11.2. The lowest BCUT2D eigenvalue weighted by Gasteiger charge is -2.27. The van der Waals surface area contributed by atoms with Crippen LogP contribution in [0.1, 0.15) is 51.1 Å². The fourth-order valence-corrected chi connectivity index (χ4v) is 3.61. The van der Waals surface area contributed by atoms with Crippen LogP contribution in [0.25, 0.3) is 0 Å². The second-order valence-corrected chi connectivity index (χ2v) is 6.01. The van der Waals surface area contributed by atoms with Crippen LogP contribution < -0.4 is 5.32 Å². The zero-order chi connectivity index (χ0) is 13.9. The van der Waals surface area contributed by atoms with Crippen molar-refractivity contribution >= 4 is 0 Å². The molecule has 0 amide bonds. The van der Waals surface area contributed by atoms with Gasteiger partial charge >= 0.3 is 0 Å². The predicted octanol–water partition coefficient (Wildman–Crippen LogP) is 4.20. The molecule has 1 N–H and O–H groups in total. The number of nitrogens with one attached hydrogen (secondary N) is 1. The zero-order valence-corrected chi connectivity index (χ0v) is 12.6. The number of ether oxygens (including phenoxy) is 1. The highest BCUT2D eigenvalue weighted by Crippen LogP contribution is 2.42. The van der Waals surface area contributed by atoms with Crippen molar-refractivity contribution in [2.75, 3.05) is 6.61 Å². The molecule has 0 fully saturated rings. The van der Waals surface area contributed by atoms with Crippen molar-refractivity contribution in [1.82, 2.24) is 5.32 Å². The monoisotopic (exact) mass is 271 g/mol. The normalized spacial score (nSPS) is 29.2. The van der Waals surface area contributed by atoms with Gasteiger partial charge in [0, 0.05) is 18.0 Å². The molecule has 20 heavy (non-hydrogen) atoms. The largest absolute Gasteiger partial charge is 0.381 e. The number of hydrogen-bond donors (Lipinski definition) is 1. The molecule has 0 spiro atoms. The maximum Gasteiger partial charge on any atom is 0.0808 e. The highest BCUT2D eigenvalue weighted by Gasteiger charge is 2.38. The van der Waals surface area contributed by atoms with Crippen LogP contribution in [-0.4, -0.2) is 12.7 Å². The molecule has 108 valence electrons. The lowest BCUT2D eigenvalue weighted by atomic mass is 9.86. The van der Waals surface area contributed by atoms with Crippen molar-refractivity contribution in [3.8, 4) is 0 Å². The Morgan fingerprint density at radius 3 is 2.80 bits per heavy atom.